The van der Waals surface area contributed by atoms with Gasteiger partial charge in [-0.05, 0) is 32.8 Å². The third-order valence-electron chi connectivity index (χ3n) is 6.46. The van der Waals surface area contributed by atoms with Gasteiger partial charge in [-0.3, -0.25) is 9.36 Å². The number of pyridine rings is 1. The van der Waals surface area contributed by atoms with E-state index >= 15 is 0 Å². The zero-order valence-electron chi connectivity index (χ0n) is 18.5. The first-order valence-corrected chi connectivity index (χ1v) is 11.9. The van der Waals surface area contributed by atoms with Crippen LogP contribution < -0.4 is 26.7 Å². The Balaban J connectivity index is 1.57. The van der Waals surface area contributed by atoms with E-state index in [1.54, 1.807) is 23.9 Å². The first kappa shape index (κ1) is 23.2. The summed E-state index contributed by atoms with van der Waals surface area (Å²) in [5.41, 5.74) is 12.4. The van der Waals surface area contributed by atoms with Gasteiger partial charge in [-0.2, -0.15) is 4.98 Å². The minimum atomic E-state index is -0.224. The molecule has 174 valence electrons. The molecule has 11 heteroatoms. The fourth-order valence-corrected chi connectivity index (χ4v) is 5.61. The summed E-state index contributed by atoms with van der Waals surface area (Å²) in [5, 5.41) is 0.343. The Labute approximate surface area is 196 Å². The zero-order valence-corrected chi connectivity index (χ0v) is 20.1. The highest BCUT2D eigenvalue weighted by molar-refractivity contribution is 7.99. The van der Waals surface area contributed by atoms with E-state index in [4.69, 9.17) is 32.5 Å². The van der Waals surface area contributed by atoms with Gasteiger partial charge in [-0.1, -0.05) is 23.4 Å². The number of rotatable bonds is 5. The van der Waals surface area contributed by atoms with Crippen LogP contribution in [-0.4, -0.2) is 53.0 Å². The third kappa shape index (κ3) is 4.05. The van der Waals surface area contributed by atoms with Crippen molar-refractivity contribution < 1.29 is 9.47 Å². The molecule has 1 spiro atoms. The molecule has 0 bridgehead atoms. The van der Waals surface area contributed by atoms with Crippen LogP contribution in [0.1, 0.15) is 26.7 Å². The predicted molar refractivity (Wildman–Crippen MR) is 126 cm³/mol. The highest BCUT2D eigenvalue weighted by atomic mass is 35.5. The van der Waals surface area contributed by atoms with Gasteiger partial charge in [-0.15, -0.1) is 0 Å². The van der Waals surface area contributed by atoms with Crippen LogP contribution in [0, 0.1) is 5.41 Å². The number of piperidine rings is 1. The summed E-state index contributed by atoms with van der Waals surface area (Å²) in [7, 11) is 1.71. The van der Waals surface area contributed by atoms with Crippen molar-refractivity contribution in [3.63, 3.8) is 0 Å². The number of nitrogen functional groups attached to an aromatic ring is 1. The summed E-state index contributed by atoms with van der Waals surface area (Å²) in [6.45, 7) is 6.48. The highest BCUT2D eigenvalue weighted by Gasteiger charge is 2.47. The molecule has 2 aromatic heterocycles. The molecule has 2 fully saturated rings. The molecule has 0 radical (unpaired) electrons. The molecule has 4 heterocycles. The van der Waals surface area contributed by atoms with Crippen molar-refractivity contribution in [3.05, 3.63) is 27.6 Å². The van der Waals surface area contributed by atoms with Crippen LogP contribution >= 0.6 is 23.4 Å². The molecule has 0 saturated carbocycles. The molecule has 0 aliphatic carbocycles. The van der Waals surface area contributed by atoms with Crippen molar-refractivity contribution in [3.8, 4) is 5.88 Å². The van der Waals surface area contributed by atoms with Crippen molar-refractivity contribution in [2.75, 3.05) is 36.9 Å². The average Bonchev–Trinajstić information content (AvgIpc) is 3.05. The molecule has 0 aromatic carbocycles. The summed E-state index contributed by atoms with van der Waals surface area (Å²) in [6.07, 6.45) is 3.43. The quantitative estimate of drug-likeness (QED) is 0.663. The molecule has 2 aromatic rings. The van der Waals surface area contributed by atoms with Crippen molar-refractivity contribution in [1.29, 1.82) is 0 Å². The van der Waals surface area contributed by atoms with E-state index in [-0.39, 0.29) is 28.9 Å². The van der Waals surface area contributed by atoms with Gasteiger partial charge in [0.15, 0.2) is 0 Å². The fraction of sp³-hybridized carbons (Fsp3) is 0.571. The van der Waals surface area contributed by atoms with Gasteiger partial charge in [0.1, 0.15) is 15.7 Å². The maximum absolute atomic E-state index is 13.2. The smallest absolute Gasteiger partial charge is 0.270 e. The topological polar surface area (TPSA) is 122 Å². The molecule has 2 saturated heterocycles. The Bertz CT molecular complexity index is 1060. The van der Waals surface area contributed by atoms with Gasteiger partial charge in [0.05, 0.1) is 19.3 Å². The second-order valence-corrected chi connectivity index (χ2v) is 9.78. The van der Waals surface area contributed by atoms with Crippen molar-refractivity contribution in [1.82, 2.24) is 14.5 Å². The molecule has 0 amide bonds. The minimum absolute atomic E-state index is 0.00746. The first-order chi connectivity index (χ1) is 15.3. The minimum Gasteiger partial charge on any atom is -0.477 e. The van der Waals surface area contributed by atoms with Gasteiger partial charge in [0, 0.05) is 42.7 Å². The Morgan fingerprint density at radius 2 is 2.12 bits per heavy atom. The van der Waals surface area contributed by atoms with Crippen molar-refractivity contribution >= 4 is 35.1 Å². The molecule has 9 nitrogen and oxygen atoms in total. The van der Waals surface area contributed by atoms with Gasteiger partial charge in [0.25, 0.3) is 5.56 Å². The molecule has 2 aliphatic heterocycles. The van der Waals surface area contributed by atoms with Crippen LogP contribution in [0.3, 0.4) is 0 Å². The highest BCUT2D eigenvalue weighted by Crippen LogP contribution is 2.42. The SMILES string of the molecule is CCOc1nccc(Sc2c(N)nc(N3CCC4(CC3)CO[C@@H](C)[C@H]4N)n(C)c2=O)c1Cl. The lowest BCUT2D eigenvalue weighted by atomic mass is 9.73. The number of hydrogen-bond acceptors (Lipinski definition) is 9. The number of nitrogens with two attached hydrogens (primary N) is 2. The lowest BCUT2D eigenvalue weighted by Crippen LogP contribution is -2.51. The average molecular weight is 481 g/mol. The van der Waals surface area contributed by atoms with E-state index in [2.05, 4.69) is 14.9 Å². The molecule has 4 rings (SSSR count). The fourth-order valence-electron chi connectivity index (χ4n) is 4.42. The molecule has 2 atom stereocenters. The van der Waals surface area contributed by atoms with E-state index in [0.717, 1.165) is 25.9 Å². The molecular weight excluding hydrogens is 452 g/mol. The predicted octanol–water partition coefficient (Wildman–Crippen LogP) is 2.29. The Morgan fingerprint density at radius 3 is 2.75 bits per heavy atom. The zero-order chi connectivity index (χ0) is 23.0. The van der Waals surface area contributed by atoms with E-state index in [1.807, 2.05) is 13.8 Å². The van der Waals surface area contributed by atoms with Crippen molar-refractivity contribution in [2.45, 2.75) is 48.6 Å². The third-order valence-corrected chi connectivity index (χ3v) is 8.08. The van der Waals surface area contributed by atoms with Gasteiger partial charge in [0.2, 0.25) is 11.8 Å². The Kier molecular flexibility index (Phi) is 6.58. The summed E-state index contributed by atoms with van der Waals surface area (Å²) in [5.74, 6) is 1.06. The van der Waals surface area contributed by atoms with Gasteiger partial charge < -0.3 is 25.8 Å². The number of nitrogens with zero attached hydrogens (tertiary/aromatic N) is 4. The number of hydrogen-bond donors (Lipinski definition) is 2. The van der Waals surface area contributed by atoms with Gasteiger partial charge >= 0.3 is 0 Å². The first-order valence-electron chi connectivity index (χ1n) is 10.7. The maximum atomic E-state index is 13.2. The largest absolute Gasteiger partial charge is 0.477 e. The van der Waals surface area contributed by atoms with Crippen LogP contribution in [0.5, 0.6) is 5.88 Å². The number of anilines is 2. The van der Waals surface area contributed by atoms with Crippen LogP contribution in [0.2, 0.25) is 5.02 Å². The van der Waals surface area contributed by atoms with E-state index < -0.39 is 0 Å². The summed E-state index contributed by atoms with van der Waals surface area (Å²) < 4.78 is 12.8. The summed E-state index contributed by atoms with van der Waals surface area (Å²) >= 11 is 7.58. The van der Waals surface area contributed by atoms with Crippen LogP contribution in [-0.2, 0) is 11.8 Å². The Morgan fingerprint density at radius 1 is 1.41 bits per heavy atom. The van der Waals surface area contributed by atoms with E-state index in [9.17, 15) is 4.79 Å². The standard InChI is InChI=1S/C21H29ClN6O3S/c1-4-30-18-14(22)13(5-8-25-18)32-15-17(24)26-20(27(3)19(15)29)28-9-6-21(7-10-28)11-31-12(2)16(21)23/h5,8,12,16H,4,6-7,9-11,23-24H2,1-3H3/t12-,16+/m0/s1. The lowest BCUT2D eigenvalue weighted by Gasteiger charge is -2.41. The molecule has 0 unspecified atom stereocenters. The maximum Gasteiger partial charge on any atom is 0.270 e. The number of aromatic nitrogens is 3. The lowest BCUT2D eigenvalue weighted by molar-refractivity contribution is 0.0973. The second kappa shape index (κ2) is 9.09. The van der Waals surface area contributed by atoms with Crippen LogP contribution in [0.4, 0.5) is 11.8 Å². The number of halogens is 1. The molecule has 2 aliphatic rings. The molecular formula is C21H29ClN6O3S. The van der Waals surface area contributed by atoms with Crippen molar-refractivity contribution in [2.24, 2.45) is 18.2 Å². The van der Waals surface area contributed by atoms with Gasteiger partial charge in [-0.25, -0.2) is 4.98 Å². The van der Waals surface area contributed by atoms with E-state index in [1.165, 1.54) is 11.8 Å². The summed E-state index contributed by atoms with van der Waals surface area (Å²) in [6, 6.07) is 1.75. The normalized spacial score (nSPS) is 22.5. The number of ether oxygens (including phenoxy) is 2. The second-order valence-electron chi connectivity index (χ2n) is 8.34. The van der Waals surface area contributed by atoms with Crippen LogP contribution in [0.25, 0.3) is 0 Å². The monoisotopic (exact) mass is 480 g/mol. The molecule has 32 heavy (non-hydrogen) atoms. The Hall–Kier alpha value is -2.01. The molecule has 4 N–H and O–H groups in total. The summed E-state index contributed by atoms with van der Waals surface area (Å²) in [4.78, 5) is 24.9. The van der Waals surface area contributed by atoms with Crippen LogP contribution in [0.15, 0.2) is 26.8 Å². The van der Waals surface area contributed by atoms with E-state index in [0.29, 0.717) is 39.9 Å².